The Hall–Kier alpha value is -3.75. The third-order valence-electron chi connectivity index (χ3n) is 6.51. The summed E-state index contributed by atoms with van der Waals surface area (Å²) in [4.78, 5) is 22.1. The Morgan fingerprint density at radius 3 is 2.23 bits per heavy atom. The van der Waals surface area contributed by atoms with Crippen LogP contribution in [0.3, 0.4) is 0 Å². The highest BCUT2D eigenvalue weighted by Gasteiger charge is 2.20. The lowest BCUT2D eigenvalue weighted by Crippen LogP contribution is -2.33. The number of hydrogen-bond acceptors (Lipinski definition) is 7. The van der Waals surface area contributed by atoms with Gasteiger partial charge in [-0.25, -0.2) is 4.79 Å². The molecule has 1 fully saturated rings. The van der Waals surface area contributed by atoms with Gasteiger partial charge in [-0.3, -0.25) is 9.88 Å². The minimum atomic E-state index is -0.889. The number of carboxylic acid groups (broad SMARTS) is 1. The van der Waals surface area contributed by atoms with Gasteiger partial charge in [0, 0.05) is 30.0 Å². The molecule has 0 spiro atoms. The third kappa shape index (κ3) is 9.50. The smallest absolute Gasteiger partial charge is 0.330 e. The molecule has 0 amide bonds. The van der Waals surface area contributed by atoms with Crippen molar-refractivity contribution in [1.82, 2.24) is 20.0 Å². The molecule has 8 nitrogen and oxygen atoms in total. The average Bonchev–Trinajstić information content (AvgIpc) is 3.47. The number of pyridine rings is 1. The van der Waals surface area contributed by atoms with Gasteiger partial charge in [-0.2, -0.15) is 4.98 Å². The SMILES string of the molecule is CCC1CCN(Cc2noc(-c3ccncc3)n2)CC1.CCl.O=C(O)[C@H](Nc1ccccc1)c1ccccc1. The van der Waals surface area contributed by atoms with Crippen molar-refractivity contribution in [3.63, 3.8) is 0 Å². The van der Waals surface area contributed by atoms with Gasteiger partial charge in [0.25, 0.3) is 5.89 Å². The van der Waals surface area contributed by atoms with Crippen molar-refractivity contribution < 1.29 is 14.4 Å². The number of alkyl halides is 1. The predicted octanol–water partition coefficient (Wildman–Crippen LogP) is 6.53. The lowest BCUT2D eigenvalue weighted by atomic mass is 9.94. The Morgan fingerprint density at radius 2 is 1.64 bits per heavy atom. The van der Waals surface area contributed by atoms with E-state index < -0.39 is 12.0 Å². The molecule has 0 bridgehead atoms. The lowest BCUT2D eigenvalue weighted by Gasteiger charge is -2.30. The summed E-state index contributed by atoms with van der Waals surface area (Å²) in [5.41, 5.74) is 2.45. The van der Waals surface area contributed by atoms with Gasteiger partial charge in [0.2, 0.25) is 0 Å². The maximum atomic E-state index is 11.2. The van der Waals surface area contributed by atoms with Gasteiger partial charge in [-0.15, -0.1) is 11.6 Å². The Labute approximate surface area is 235 Å². The molecule has 5 rings (SSSR count). The lowest BCUT2D eigenvalue weighted by molar-refractivity contribution is -0.138. The number of carboxylic acids is 1. The number of halogens is 1. The van der Waals surface area contributed by atoms with Crippen LogP contribution in [0.15, 0.2) is 89.7 Å². The number of hydrogen-bond donors (Lipinski definition) is 2. The molecular weight excluding hydrogens is 514 g/mol. The number of likely N-dealkylation sites (tertiary alicyclic amines) is 1. The van der Waals surface area contributed by atoms with Crippen molar-refractivity contribution in [3.8, 4) is 11.5 Å². The number of para-hydroxylation sites is 1. The van der Waals surface area contributed by atoms with E-state index in [0.29, 0.717) is 5.89 Å². The fourth-order valence-electron chi connectivity index (χ4n) is 4.32. The first kappa shape index (κ1) is 29.8. The largest absolute Gasteiger partial charge is 0.479 e. The number of aromatic nitrogens is 3. The Kier molecular flexibility index (Phi) is 12.4. The van der Waals surface area contributed by atoms with Gasteiger partial charge in [0.15, 0.2) is 11.9 Å². The number of anilines is 1. The van der Waals surface area contributed by atoms with Crippen LogP contribution in [0.2, 0.25) is 0 Å². The summed E-state index contributed by atoms with van der Waals surface area (Å²) in [5, 5.41) is 16.3. The van der Waals surface area contributed by atoms with E-state index in [1.54, 1.807) is 24.5 Å². The molecule has 39 heavy (non-hydrogen) atoms. The van der Waals surface area contributed by atoms with Gasteiger partial charge in [0.05, 0.1) is 6.54 Å². The van der Waals surface area contributed by atoms with Gasteiger partial charge in [-0.1, -0.05) is 67.0 Å². The summed E-state index contributed by atoms with van der Waals surface area (Å²) in [6.45, 7) is 5.33. The number of nitrogens with one attached hydrogen (secondary N) is 1. The van der Waals surface area contributed by atoms with Crippen LogP contribution in [0.5, 0.6) is 0 Å². The summed E-state index contributed by atoms with van der Waals surface area (Å²) >= 11 is 4.64. The minimum absolute atomic E-state index is 0.575. The Bertz CT molecular complexity index is 1220. The summed E-state index contributed by atoms with van der Waals surface area (Å²) in [6, 6.07) is 21.5. The highest BCUT2D eigenvalue weighted by atomic mass is 35.5. The van der Waals surface area contributed by atoms with Crippen LogP contribution < -0.4 is 5.32 Å². The molecule has 0 aliphatic carbocycles. The molecule has 3 heterocycles. The first-order valence-corrected chi connectivity index (χ1v) is 13.8. The molecule has 2 aromatic carbocycles. The van der Waals surface area contributed by atoms with Crippen molar-refractivity contribution >= 4 is 23.3 Å². The van der Waals surface area contributed by atoms with Gasteiger partial charge in [0.1, 0.15) is 0 Å². The second-order valence-electron chi connectivity index (χ2n) is 9.07. The van der Waals surface area contributed by atoms with Gasteiger partial charge < -0.3 is 14.9 Å². The van der Waals surface area contributed by atoms with Crippen molar-refractivity contribution in [2.75, 3.05) is 24.8 Å². The molecule has 206 valence electrons. The molecule has 9 heteroatoms. The highest BCUT2D eigenvalue weighted by Crippen LogP contribution is 2.22. The number of carbonyl (C=O) groups is 1. The molecule has 2 N–H and O–H groups in total. The maximum absolute atomic E-state index is 11.2. The van der Waals surface area contributed by atoms with Crippen LogP contribution >= 0.6 is 11.6 Å². The Morgan fingerprint density at radius 1 is 1.03 bits per heavy atom. The van der Waals surface area contributed by atoms with Crippen LogP contribution in [0, 0.1) is 5.92 Å². The van der Waals surface area contributed by atoms with Gasteiger partial charge >= 0.3 is 5.97 Å². The zero-order valence-corrected chi connectivity index (χ0v) is 23.2. The Balaban J connectivity index is 0.000000205. The standard InChI is InChI=1S/C15H20N4O.C14H13NO2.CH3Cl/c1-2-12-5-9-19(10-6-12)11-14-17-15(20-18-14)13-3-7-16-8-4-13;16-14(17)13(11-7-3-1-4-8-11)15-12-9-5-2-6-10-12;1-2/h3-4,7-8,12H,2,5-6,9-11H2,1H3;1-10,13,15H,(H,16,17);1H3/t;13-;/m.1./s1. The maximum Gasteiger partial charge on any atom is 0.330 e. The summed E-state index contributed by atoms with van der Waals surface area (Å²) < 4.78 is 5.32. The normalized spacial score (nSPS) is 14.2. The molecule has 1 saturated heterocycles. The molecule has 0 radical (unpaired) electrons. The van der Waals surface area contributed by atoms with E-state index in [1.165, 1.54) is 25.6 Å². The van der Waals surface area contributed by atoms with Gasteiger partial charge in [-0.05, 0) is 61.7 Å². The molecule has 0 saturated carbocycles. The zero-order valence-electron chi connectivity index (χ0n) is 22.4. The highest BCUT2D eigenvalue weighted by molar-refractivity contribution is 6.15. The predicted molar refractivity (Wildman–Crippen MR) is 154 cm³/mol. The topological polar surface area (TPSA) is 104 Å². The number of piperidine rings is 1. The minimum Gasteiger partial charge on any atom is -0.479 e. The van der Waals surface area contributed by atoms with E-state index in [4.69, 9.17) is 4.52 Å². The monoisotopic (exact) mass is 549 g/mol. The second kappa shape index (κ2) is 16.3. The first-order valence-electron chi connectivity index (χ1n) is 13.0. The van der Waals surface area contributed by atoms with Crippen LogP contribution in [-0.2, 0) is 11.3 Å². The molecule has 4 aromatic rings. The fourth-order valence-corrected chi connectivity index (χ4v) is 4.32. The molecule has 1 aliphatic heterocycles. The first-order chi connectivity index (χ1) is 19.1. The number of benzene rings is 2. The summed E-state index contributed by atoms with van der Waals surface area (Å²) in [5.74, 6) is 1.35. The van der Waals surface area contributed by atoms with E-state index in [0.717, 1.165) is 48.2 Å². The summed E-state index contributed by atoms with van der Waals surface area (Å²) in [6.07, 6.45) is 8.79. The quantitative estimate of drug-likeness (QED) is 0.239. The summed E-state index contributed by atoms with van der Waals surface area (Å²) in [7, 11) is 0. The molecule has 1 aliphatic rings. The van der Waals surface area contributed by atoms with Crippen molar-refractivity contribution in [2.45, 2.75) is 38.8 Å². The van der Waals surface area contributed by atoms with Crippen LogP contribution in [0.1, 0.15) is 43.6 Å². The van der Waals surface area contributed by atoms with Crippen LogP contribution in [0.4, 0.5) is 5.69 Å². The average molecular weight is 550 g/mol. The molecule has 1 atom stereocenters. The van der Waals surface area contributed by atoms with Crippen LogP contribution in [0.25, 0.3) is 11.5 Å². The molecule has 2 aromatic heterocycles. The van der Waals surface area contributed by atoms with Crippen molar-refractivity contribution in [2.24, 2.45) is 5.92 Å². The third-order valence-corrected chi connectivity index (χ3v) is 6.51. The molecule has 0 unspecified atom stereocenters. The van der Waals surface area contributed by atoms with Crippen LogP contribution in [-0.4, -0.2) is 50.6 Å². The van der Waals surface area contributed by atoms with E-state index in [-0.39, 0.29) is 0 Å². The van der Waals surface area contributed by atoms with E-state index in [2.05, 4.69) is 43.9 Å². The number of aliphatic carboxylic acids is 1. The molecular formula is C30H36ClN5O3. The van der Waals surface area contributed by atoms with E-state index in [1.807, 2.05) is 60.7 Å². The zero-order chi connectivity index (χ0) is 27.9. The second-order valence-corrected chi connectivity index (χ2v) is 9.07. The number of nitrogens with zero attached hydrogens (tertiary/aromatic N) is 4. The van der Waals surface area contributed by atoms with E-state index in [9.17, 15) is 9.90 Å². The fraction of sp³-hybridized carbons (Fsp3) is 0.333. The van der Waals surface area contributed by atoms with Crippen molar-refractivity contribution in [3.05, 3.63) is 96.6 Å². The van der Waals surface area contributed by atoms with Crippen molar-refractivity contribution in [1.29, 1.82) is 0 Å². The number of rotatable bonds is 8. The van der Waals surface area contributed by atoms with E-state index >= 15 is 0 Å².